The van der Waals surface area contributed by atoms with Gasteiger partial charge in [-0.1, -0.05) is 30.3 Å². The molecule has 0 spiro atoms. The number of methoxy groups -OCH3 is 1. The number of allylic oxidation sites excluding steroid dienone is 1. The fourth-order valence-electron chi connectivity index (χ4n) is 3.48. The minimum atomic E-state index is -3.60. The van der Waals surface area contributed by atoms with Gasteiger partial charge >= 0.3 is 0 Å². The van der Waals surface area contributed by atoms with Gasteiger partial charge in [-0.05, 0) is 42.3 Å². The maximum absolute atomic E-state index is 13.0. The molecule has 146 valence electrons. The van der Waals surface area contributed by atoms with Crippen molar-refractivity contribution in [1.29, 1.82) is 0 Å². The number of hydrogen-bond acceptors (Lipinski definition) is 5. The van der Waals surface area contributed by atoms with Crippen LogP contribution in [0.1, 0.15) is 5.56 Å². The third kappa shape index (κ3) is 3.22. The molecule has 0 unspecified atom stereocenters. The van der Waals surface area contributed by atoms with Gasteiger partial charge in [-0.3, -0.25) is 4.31 Å². The van der Waals surface area contributed by atoms with Crippen LogP contribution in [0.2, 0.25) is 0 Å². The van der Waals surface area contributed by atoms with Crippen molar-refractivity contribution in [3.05, 3.63) is 77.8 Å². The average molecular weight is 398 g/mol. The van der Waals surface area contributed by atoms with E-state index in [4.69, 9.17) is 4.74 Å². The van der Waals surface area contributed by atoms with Crippen LogP contribution in [-0.2, 0) is 16.4 Å². The van der Waals surface area contributed by atoms with Crippen molar-refractivity contribution in [3.8, 4) is 5.75 Å². The number of ether oxygens (including phenoxy) is 1. The maximum atomic E-state index is 13.0. The zero-order valence-electron chi connectivity index (χ0n) is 15.9. The molecule has 0 saturated heterocycles. The SMILES string of the molecule is COc1ccc(CCN2CC=CC3=C2Nc2ccccc2S(=O)(=O)N3C)cc1. The van der Waals surface area contributed by atoms with Crippen LogP contribution in [0.25, 0.3) is 0 Å². The van der Waals surface area contributed by atoms with Crippen LogP contribution in [0, 0.1) is 0 Å². The van der Waals surface area contributed by atoms with E-state index in [1.54, 1.807) is 32.4 Å². The van der Waals surface area contributed by atoms with Crippen molar-refractivity contribution < 1.29 is 13.2 Å². The summed E-state index contributed by atoms with van der Waals surface area (Å²) in [6.07, 6.45) is 4.71. The van der Waals surface area contributed by atoms with Gasteiger partial charge in [0.2, 0.25) is 0 Å². The molecule has 1 N–H and O–H groups in total. The second kappa shape index (κ2) is 7.24. The number of anilines is 1. The quantitative estimate of drug-likeness (QED) is 0.859. The van der Waals surface area contributed by atoms with E-state index in [0.29, 0.717) is 11.4 Å². The molecule has 2 heterocycles. The second-order valence-electron chi connectivity index (χ2n) is 6.77. The van der Waals surface area contributed by atoms with Gasteiger partial charge in [0.25, 0.3) is 10.0 Å². The normalized spacial score (nSPS) is 17.5. The number of para-hydroxylation sites is 1. The Balaban J connectivity index is 1.63. The summed E-state index contributed by atoms with van der Waals surface area (Å²) in [5, 5.41) is 3.37. The Morgan fingerprint density at radius 3 is 2.61 bits per heavy atom. The van der Waals surface area contributed by atoms with Gasteiger partial charge in [0.15, 0.2) is 0 Å². The Bertz CT molecular complexity index is 1040. The van der Waals surface area contributed by atoms with Crippen molar-refractivity contribution in [2.45, 2.75) is 11.3 Å². The van der Waals surface area contributed by atoms with E-state index in [2.05, 4.69) is 22.3 Å². The molecule has 28 heavy (non-hydrogen) atoms. The summed E-state index contributed by atoms with van der Waals surface area (Å²) in [7, 11) is -0.346. The van der Waals surface area contributed by atoms with Gasteiger partial charge in [-0.25, -0.2) is 8.42 Å². The number of nitrogens with zero attached hydrogens (tertiary/aromatic N) is 2. The molecular weight excluding hydrogens is 374 g/mol. The van der Waals surface area contributed by atoms with E-state index in [1.165, 1.54) is 9.87 Å². The van der Waals surface area contributed by atoms with Gasteiger partial charge in [-0.15, -0.1) is 0 Å². The van der Waals surface area contributed by atoms with Crippen molar-refractivity contribution in [1.82, 2.24) is 9.21 Å². The van der Waals surface area contributed by atoms with Crippen molar-refractivity contribution in [3.63, 3.8) is 0 Å². The number of nitrogens with one attached hydrogen (secondary N) is 1. The van der Waals surface area contributed by atoms with E-state index >= 15 is 0 Å². The Labute approximate surface area is 165 Å². The minimum Gasteiger partial charge on any atom is -0.497 e. The highest BCUT2D eigenvalue weighted by Crippen LogP contribution is 2.34. The minimum absolute atomic E-state index is 0.287. The summed E-state index contributed by atoms with van der Waals surface area (Å²) in [6.45, 7) is 1.48. The molecule has 0 saturated carbocycles. The zero-order valence-corrected chi connectivity index (χ0v) is 16.7. The molecule has 2 aliphatic heterocycles. The topological polar surface area (TPSA) is 61.9 Å². The average Bonchev–Trinajstić information content (AvgIpc) is 2.80. The molecule has 2 aliphatic rings. The van der Waals surface area contributed by atoms with Crippen molar-refractivity contribution in [2.24, 2.45) is 0 Å². The number of rotatable bonds is 4. The van der Waals surface area contributed by atoms with Crippen LogP contribution in [-0.4, -0.2) is 44.9 Å². The highest BCUT2D eigenvalue weighted by Gasteiger charge is 2.33. The monoisotopic (exact) mass is 397 g/mol. The molecule has 0 atom stereocenters. The Morgan fingerprint density at radius 2 is 1.86 bits per heavy atom. The van der Waals surface area contributed by atoms with E-state index in [-0.39, 0.29) is 4.90 Å². The van der Waals surface area contributed by atoms with Gasteiger partial charge in [0, 0.05) is 20.1 Å². The van der Waals surface area contributed by atoms with E-state index in [9.17, 15) is 8.42 Å². The Kier molecular flexibility index (Phi) is 4.77. The molecule has 6 nitrogen and oxygen atoms in total. The molecule has 0 radical (unpaired) electrons. The molecule has 2 aromatic rings. The third-order valence-corrected chi connectivity index (χ3v) is 6.94. The van der Waals surface area contributed by atoms with Gasteiger partial charge in [-0.2, -0.15) is 0 Å². The van der Waals surface area contributed by atoms with Crippen LogP contribution in [0.4, 0.5) is 5.69 Å². The zero-order chi connectivity index (χ0) is 19.7. The van der Waals surface area contributed by atoms with Crippen LogP contribution >= 0.6 is 0 Å². The van der Waals surface area contributed by atoms with Crippen LogP contribution in [0.5, 0.6) is 5.75 Å². The maximum Gasteiger partial charge on any atom is 0.266 e. The lowest BCUT2D eigenvalue weighted by Gasteiger charge is -2.32. The first kappa shape index (κ1) is 18.4. The lowest BCUT2D eigenvalue weighted by Crippen LogP contribution is -2.35. The molecule has 7 heteroatoms. The fourth-order valence-corrected chi connectivity index (χ4v) is 4.83. The molecule has 2 aromatic carbocycles. The summed E-state index contributed by atoms with van der Waals surface area (Å²) in [4.78, 5) is 2.46. The summed E-state index contributed by atoms with van der Waals surface area (Å²) in [5.74, 6) is 1.65. The van der Waals surface area contributed by atoms with Crippen LogP contribution in [0.3, 0.4) is 0 Å². The second-order valence-corrected chi connectivity index (χ2v) is 8.71. The highest BCUT2D eigenvalue weighted by molar-refractivity contribution is 7.89. The summed E-state index contributed by atoms with van der Waals surface area (Å²) in [6, 6.07) is 15.0. The molecule has 0 amide bonds. The molecular formula is C21H23N3O3S. The molecule has 0 bridgehead atoms. The van der Waals surface area contributed by atoms with Gasteiger partial charge in [0.05, 0.1) is 18.5 Å². The van der Waals surface area contributed by atoms with E-state index in [0.717, 1.165) is 31.1 Å². The van der Waals surface area contributed by atoms with E-state index in [1.807, 2.05) is 30.4 Å². The lowest BCUT2D eigenvalue weighted by molar-refractivity contribution is 0.369. The molecule has 0 fully saturated rings. The number of fused-ring (bicyclic) bond motifs is 1. The predicted molar refractivity (Wildman–Crippen MR) is 109 cm³/mol. The Morgan fingerprint density at radius 1 is 1.11 bits per heavy atom. The molecule has 0 aromatic heterocycles. The van der Waals surface area contributed by atoms with Crippen LogP contribution in [0.15, 0.2) is 77.1 Å². The highest BCUT2D eigenvalue weighted by atomic mass is 32.2. The van der Waals surface area contributed by atoms with Gasteiger partial charge < -0.3 is 15.0 Å². The van der Waals surface area contributed by atoms with E-state index < -0.39 is 10.0 Å². The first-order valence-electron chi connectivity index (χ1n) is 9.14. The third-order valence-electron chi connectivity index (χ3n) is 5.11. The lowest BCUT2D eigenvalue weighted by atomic mass is 10.1. The van der Waals surface area contributed by atoms with Crippen molar-refractivity contribution in [2.75, 3.05) is 32.6 Å². The van der Waals surface area contributed by atoms with Crippen molar-refractivity contribution >= 4 is 15.7 Å². The smallest absolute Gasteiger partial charge is 0.266 e. The molecule has 0 aliphatic carbocycles. The summed E-state index contributed by atoms with van der Waals surface area (Å²) >= 11 is 0. The number of sulfonamides is 1. The van der Waals surface area contributed by atoms with Crippen LogP contribution < -0.4 is 10.1 Å². The number of hydrogen-bond donors (Lipinski definition) is 1. The molecule has 4 rings (SSSR count). The summed E-state index contributed by atoms with van der Waals surface area (Å²) < 4.78 is 32.6. The first-order chi connectivity index (χ1) is 13.5. The fraction of sp³-hybridized carbons (Fsp3) is 0.238. The number of likely N-dealkylation sites (N-methyl/N-ethyl adjacent to an activating group) is 1. The number of benzene rings is 2. The first-order valence-corrected chi connectivity index (χ1v) is 10.6. The standard InChI is InChI=1S/C21H23N3O3S/c1-23-19-7-5-14-24(15-13-16-9-11-17(27-2)12-10-16)21(19)22-18-6-3-4-8-20(18)28(23,25)26/h3-12,22H,13-15H2,1-2H3. The Hall–Kier alpha value is -2.93. The predicted octanol–water partition coefficient (Wildman–Crippen LogP) is 3.02. The summed E-state index contributed by atoms with van der Waals surface area (Å²) in [5.41, 5.74) is 2.45. The van der Waals surface area contributed by atoms with Gasteiger partial charge in [0.1, 0.15) is 16.5 Å². The largest absolute Gasteiger partial charge is 0.497 e.